The number of benzene rings is 1. The first-order valence-electron chi connectivity index (χ1n) is 4.11. The molecule has 0 unspecified atom stereocenters. The molecule has 0 aliphatic carbocycles. The van der Waals surface area contributed by atoms with Crippen LogP contribution < -0.4 is 51.4 Å². The van der Waals surface area contributed by atoms with E-state index in [1.54, 1.807) is 0 Å². The Bertz CT molecular complexity index is 735. The maximum atomic E-state index is 11.4. The van der Waals surface area contributed by atoms with Gasteiger partial charge in [-0.3, -0.25) is 0 Å². The smallest absolute Gasteiger partial charge is 0.724 e. The predicted octanol–water partition coefficient (Wildman–Crippen LogP) is -3.95. The summed E-state index contributed by atoms with van der Waals surface area (Å²) in [7, 11) is -15.7. The van der Waals surface area contributed by atoms with Crippen LogP contribution in [0.4, 0.5) is 0 Å². The molecule has 1 rings (SSSR count). The zero-order chi connectivity index (χ0) is 14.7. The maximum Gasteiger partial charge on any atom is 1.00 e. The van der Waals surface area contributed by atoms with Crippen molar-refractivity contribution in [3.8, 4) is 0 Å². The Morgan fingerprint density at radius 2 is 1.35 bits per heavy atom. The van der Waals surface area contributed by atoms with Crippen LogP contribution in [0.25, 0.3) is 0 Å². The molecule has 0 fully saturated rings. The van der Waals surface area contributed by atoms with Gasteiger partial charge in [-0.1, -0.05) is 26.9 Å². The molecule has 20 heavy (non-hydrogen) atoms. The predicted molar refractivity (Wildman–Crippen MR) is 55.5 cm³/mol. The monoisotopic (exact) mass is 372 g/mol. The van der Waals surface area contributed by atoms with E-state index < -0.39 is 35.8 Å². The van der Waals surface area contributed by atoms with Crippen LogP contribution in [0.15, 0.2) is 35.2 Å². The van der Waals surface area contributed by atoms with Crippen molar-refractivity contribution in [1.82, 2.24) is 0 Å². The van der Waals surface area contributed by atoms with Crippen molar-refractivity contribution < 1.29 is 93.5 Å². The van der Waals surface area contributed by atoms with Crippen molar-refractivity contribution in [2.75, 3.05) is 0 Å². The van der Waals surface area contributed by atoms with Crippen molar-refractivity contribution in [3.63, 3.8) is 0 Å². The number of rotatable bonds is 6. The van der Waals surface area contributed by atoms with Gasteiger partial charge in [-0.15, -0.1) is 3.63 Å². The summed E-state index contributed by atoms with van der Waals surface area (Å²) in [5.41, 5.74) is 0. The van der Waals surface area contributed by atoms with Gasteiger partial charge >= 0.3 is 71.9 Å². The minimum atomic E-state index is -5.50. The molecule has 0 atom stereocenters. The van der Waals surface area contributed by atoms with Crippen LogP contribution in [0.5, 0.6) is 0 Å². The standard InChI is InChI=1S/C6H6O10S3.K/c7-17(8,6-4-2-1-3-5-6)16-19(12,13)15-14-18(9,10)11;/h1-5H,(H,9,10,11);/q;+1/p-1. The molecule has 0 aliphatic heterocycles. The number of hydrogen-bond donors (Lipinski definition) is 0. The average molecular weight is 372 g/mol. The molecule has 1 aromatic rings. The van der Waals surface area contributed by atoms with E-state index >= 15 is 0 Å². The maximum absolute atomic E-state index is 11.4. The van der Waals surface area contributed by atoms with Crippen LogP contribution in [-0.4, -0.2) is 29.8 Å². The minimum Gasteiger partial charge on any atom is -0.724 e. The first-order valence-corrected chi connectivity index (χ1v) is 8.19. The fraction of sp³-hybridized carbons (Fsp3) is 0. The van der Waals surface area contributed by atoms with Crippen LogP contribution in [0.3, 0.4) is 0 Å². The van der Waals surface area contributed by atoms with Gasteiger partial charge in [0.15, 0.2) is 0 Å². The molecule has 10 nitrogen and oxygen atoms in total. The Labute approximate surface area is 157 Å². The molecule has 0 spiro atoms. The first kappa shape index (κ1) is 20.5. The fourth-order valence-corrected chi connectivity index (χ4v) is 3.13. The van der Waals surface area contributed by atoms with Crippen LogP contribution in [0, 0.1) is 0 Å². The molecular weight excluding hydrogens is 367 g/mol. The summed E-state index contributed by atoms with van der Waals surface area (Å²) >= 11 is 0. The largest absolute Gasteiger partial charge is 1.00 e. The Hall–Kier alpha value is 0.546. The third-order valence-electron chi connectivity index (χ3n) is 1.40. The van der Waals surface area contributed by atoms with Gasteiger partial charge < -0.3 is 4.55 Å². The van der Waals surface area contributed by atoms with Crippen molar-refractivity contribution in [2.24, 2.45) is 0 Å². The van der Waals surface area contributed by atoms with Gasteiger partial charge in [-0.25, -0.2) is 8.42 Å². The molecule has 0 amide bonds. The molecule has 0 aromatic heterocycles. The van der Waals surface area contributed by atoms with E-state index in [9.17, 15) is 29.8 Å². The van der Waals surface area contributed by atoms with E-state index in [1.165, 1.54) is 18.2 Å². The van der Waals surface area contributed by atoms with E-state index in [2.05, 4.69) is 12.3 Å². The summed E-state index contributed by atoms with van der Waals surface area (Å²) < 4.78 is 84.1. The second-order valence-corrected chi connectivity index (χ2v) is 6.62. The van der Waals surface area contributed by atoms with Crippen LogP contribution >= 0.6 is 0 Å². The molecule has 0 aliphatic rings. The van der Waals surface area contributed by atoms with Gasteiger partial charge in [0.25, 0.3) is 0 Å². The zero-order valence-electron chi connectivity index (χ0n) is 9.69. The van der Waals surface area contributed by atoms with E-state index in [1.807, 2.05) is 0 Å². The molecule has 1 aromatic carbocycles. The van der Waals surface area contributed by atoms with Crippen molar-refractivity contribution in [1.29, 1.82) is 0 Å². The Morgan fingerprint density at radius 1 is 0.850 bits per heavy atom. The van der Waals surface area contributed by atoms with Crippen molar-refractivity contribution in [2.45, 2.75) is 4.90 Å². The second kappa shape index (κ2) is 7.70. The molecule has 0 heterocycles. The van der Waals surface area contributed by atoms with Crippen molar-refractivity contribution in [3.05, 3.63) is 30.3 Å². The van der Waals surface area contributed by atoms with Crippen LogP contribution in [-0.2, 0) is 43.2 Å². The van der Waals surface area contributed by atoms with Gasteiger partial charge in [-0.05, 0) is 12.1 Å². The molecule has 0 saturated heterocycles. The van der Waals surface area contributed by atoms with Crippen LogP contribution in [0.2, 0.25) is 0 Å². The molecule has 14 heteroatoms. The molecule has 0 bridgehead atoms. The molecule has 0 N–H and O–H groups in total. The minimum absolute atomic E-state index is 0. The Balaban J connectivity index is 0.00000361. The number of hydrogen-bond acceptors (Lipinski definition) is 10. The zero-order valence-corrected chi connectivity index (χ0v) is 15.3. The molecule has 0 saturated carbocycles. The van der Waals surface area contributed by atoms with Crippen molar-refractivity contribution >= 4 is 30.9 Å². The molecule has 0 radical (unpaired) electrons. The van der Waals surface area contributed by atoms with Gasteiger partial charge in [0.1, 0.15) is 0 Å². The quantitative estimate of drug-likeness (QED) is 0.159. The topological polar surface area (TPSA) is 153 Å². The second-order valence-electron chi connectivity index (χ2n) is 2.79. The fourth-order valence-electron chi connectivity index (χ4n) is 0.816. The normalized spacial score (nSPS) is 12.7. The van der Waals surface area contributed by atoms with E-state index in [0.717, 1.165) is 12.1 Å². The Morgan fingerprint density at radius 3 is 1.80 bits per heavy atom. The Kier molecular flexibility index (Phi) is 7.91. The third kappa shape index (κ3) is 7.52. The van der Waals surface area contributed by atoms with Crippen LogP contribution in [0.1, 0.15) is 0 Å². The third-order valence-corrected chi connectivity index (χ3v) is 4.19. The summed E-state index contributed by atoms with van der Waals surface area (Å²) in [5, 5.41) is 0. The van der Waals surface area contributed by atoms with Gasteiger partial charge in [0, 0.05) is 0 Å². The summed E-state index contributed by atoms with van der Waals surface area (Å²) in [6.45, 7) is 0. The van der Waals surface area contributed by atoms with E-state index in [-0.39, 0.29) is 51.4 Å². The molecular formula is C6H5KO10S3. The SMILES string of the molecule is O=S(=O)([O-])OOS(=O)(=O)OS(=O)(=O)c1ccccc1.[K+]. The summed E-state index contributed by atoms with van der Waals surface area (Å²) in [6.07, 6.45) is 0. The first-order chi connectivity index (χ1) is 8.52. The van der Waals surface area contributed by atoms with Gasteiger partial charge in [-0.2, -0.15) is 16.8 Å². The van der Waals surface area contributed by atoms with E-state index in [4.69, 9.17) is 0 Å². The summed E-state index contributed by atoms with van der Waals surface area (Å²) in [5.74, 6) is 0. The summed E-state index contributed by atoms with van der Waals surface area (Å²) in [4.78, 5) is -0.535. The van der Waals surface area contributed by atoms with Gasteiger partial charge in [0.2, 0.25) is 10.4 Å². The van der Waals surface area contributed by atoms with E-state index in [0.29, 0.717) is 0 Å². The average Bonchev–Trinajstić information content (AvgIpc) is 2.26. The molecule has 108 valence electrons. The van der Waals surface area contributed by atoms with Gasteiger partial charge in [0.05, 0.1) is 4.90 Å². The summed E-state index contributed by atoms with van der Waals surface area (Å²) in [6, 6.07) is 6.04.